The summed E-state index contributed by atoms with van der Waals surface area (Å²) in [6, 6.07) is 6.66. The molecule has 0 bridgehead atoms. The molecule has 0 atom stereocenters. The fraction of sp³-hybridized carbons (Fsp3) is 0.0714. The topological polar surface area (TPSA) is 92.4 Å². The minimum atomic E-state index is -1.01. The first kappa shape index (κ1) is 13.5. The second-order valence-corrected chi connectivity index (χ2v) is 4.08. The van der Waals surface area contributed by atoms with Gasteiger partial charge in [0.25, 0.3) is 5.91 Å². The van der Waals surface area contributed by atoms with Gasteiger partial charge in [0.15, 0.2) is 5.69 Å². The van der Waals surface area contributed by atoms with Gasteiger partial charge in [-0.3, -0.25) is 4.79 Å². The van der Waals surface area contributed by atoms with Crippen LogP contribution in [0.1, 0.15) is 21.6 Å². The van der Waals surface area contributed by atoms with Crippen LogP contribution in [-0.4, -0.2) is 22.1 Å². The van der Waals surface area contributed by atoms with E-state index in [4.69, 9.17) is 5.11 Å². The fourth-order valence-corrected chi connectivity index (χ4v) is 1.61. The van der Waals surface area contributed by atoms with Crippen molar-refractivity contribution in [1.29, 1.82) is 0 Å². The highest BCUT2D eigenvalue weighted by Gasteiger charge is 2.10. The molecular weight excluding hydrogens is 260 g/mol. The van der Waals surface area contributed by atoms with Crippen LogP contribution in [0.5, 0.6) is 0 Å². The number of aromatic nitrogens is 1. The average Bonchev–Trinajstić information content (AvgIpc) is 2.93. The monoisotopic (exact) mass is 272 g/mol. The van der Waals surface area contributed by atoms with Gasteiger partial charge in [-0.1, -0.05) is 11.2 Å². The predicted molar refractivity (Wildman–Crippen MR) is 72.3 cm³/mol. The van der Waals surface area contributed by atoms with Gasteiger partial charge in [0, 0.05) is 17.8 Å². The van der Waals surface area contributed by atoms with E-state index in [0.29, 0.717) is 5.69 Å². The quantitative estimate of drug-likeness (QED) is 0.833. The summed E-state index contributed by atoms with van der Waals surface area (Å²) in [6.07, 6.45) is 3.86. The number of nitrogens with one attached hydrogen (secondary N) is 1. The van der Waals surface area contributed by atoms with E-state index in [1.54, 1.807) is 18.2 Å². The molecule has 2 aromatic rings. The smallest absolute Gasteiger partial charge is 0.328 e. The average molecular weight is 272 g/mol. The van der Waals surface area contributed by atoms with Gasteiger partial charge in [-0.05, 0) is 36.3 Å². The van der Waals surface area contributed by atoms with Crippen molar-refractivity contribution in [2.24, 2.45) is 0 Å². The molecule has 0 aliphatic rings. The van der Waals surface area contributed by atoms with Crippen molar-refractivity contribution < 1.29 is 19.2 Å². The van der Waals surface area contributed by atoms with Crippen LogP contribution in [0.3, 0.4) is 0 Å². The zero-order valence-corrected chi connectivity index (χ0v) is 10.7. The third-order valence-electron chi connectivity index (χ3n) is 2.59. The van der Waals surface area contributed by atoms with Crippen LogP contribution >= 0.6 is 0 Å². The Kier molecular flexibility index (Phi) is 3.95. The summed E-state index contributed by atoms with van der Waals surface area (Å²) < 4.78 is 4.60. The van der Waals surface area contributed by atoms with E-state index in [1.807, 2.05) is 6.92 Å². The summed E-state index contributed by atoms with van der Waals surface area (Å²) in [4.78, 5) is 22.2. The van der Waals surface area contributed by atoms with Crippen molar-refractivity contribution in [3.63, 3.8) is 0 Å². The van der Waals surface area contributed by atoms with Crippen molar-refractivity contribution >= 4 is 23.6 Å². The zero-order chi connectivity index (χ0) is 14.5. The molecule has 1 amide bonds. The Bertz CT molecular complexity index is 660. The van der Waals surface area contributed by atoms with E-state index < -0.39 is 5.97 Å². The molecule has 6 heteroatoms. The number of aryl methyl sites for hydroxylation is 1. The first-order chi connectivity index (χ1) is 9.56. The number of amides is 1. The fourth-order valence-electron chi connectivity index (χ4n) is 1.61. The van der Waals surface area contributed by atoms with E-state index in [0.717, 1.165) is 17.2 Å². The number of rotatable bonds is 4. The molecular formula is C14H12N2O4. The molecule has 2 N–H and O–H groups in total. The van der Waals surface area contributed by atoms with Crippen LogP contribution in [0.25, 0.3) is 6.08 Å². The standard InChI is InChI=1S/C14H12N2O4/c1-9-8-10(3-5-13(17)18)2-4-11(9)15-14(19)12-6-7-20-16-12/h2-8H,1H3,(H,15,19)(H,17,18). The molecule has 2 rings (SSSR count). The third-order valence-corrected chi connectivity index (χ3v) is 2.59. The molecule has 1 heterocycles. The Balaban J connectivity index is 2.14. The first-order valence-corrected chi connectivity index (χ1v) is 5.79. The summed E-state index contributed by atoms with van der Waals surface area (Å²) in [7, 11) is 0. The Morgan fingerprint density at radius 3 is 2.75 bits per heavy atom. The van der Waals surface area contributed by atoms with Gasteiger partial charge in [-0.25, -0.2) is 4.79 Å². The Labute approximate surface area is 114 Å². The van der Waals surface area contributed by atoms with Crippen molar-refractivity contribution in [2.75, 3.05) is 5.32 Å². The van der Waals surface area contributed by atoms with E-state index in [1.165, 1.54) is 18.4 Å². The maximum absolute atomic E-state index is 11.8. The number of hydrogen-bond donors (Lipinski definition) is 2. The maximum Gasteiger partial charge on any atom is 0.328 e. The minimum absolute atomic E-state index is 0.194. The summed E-state index contributed by atoms with van der Waals surface area (Å²) in [6.45, 7) is 1.82. The Hall–Kier alpha value is -2.89. The lowest BCUT2D eigenvalue weighted by atomic mass is 10.1. The summed E-state index contributed by atoms with van der Waals surface area (Å²) in [5.74, 6) is -1.37. The van der Waals surface area contributed by atoms with Gasteiger partial charge in [-0.2, -0.15) is 0 Å². The first-order valence-electron chi connectivity index (χ1n) is 5.79. The van der Waals surface area contributed by atoms with Gasteiger partial charge in [0.05, 0.1) is 0 Å². The predicted octanol–water partition coefficient (Wildman–Crippen LogP) is 2.33. The minimum Gasteiger partial charge on any atom is -0.478 e. The number of carbonyl (C=O) groups excluding carboxylic acids is 1. The lowest BCUT2D eigenvalue weighted by Crippen LogP contribution is -2.13. The van der Waals surface area contributed by atoms with Gasteiger partial charge >= 0.3 is 5.97 Å². The second-order valence-electron chi connectivity index (χ2n) is 4.08. The van der Waals surface area contributed by atoms with Crippen LogP contribution in [0.15, 0.2) is 41.1 Å². The van der Waals surface area contributed by atoms with Crippen LogP contribution in [0.2, 0.25) is 0 Å². The highest BCUT2D eigenvalue weighted by molar-refractivity contribution is 6.03. The molecule has 1 aromatic heterocycles. The highest BCUT2D eigenvalue weighted by atomic mass is 16.5. The molecule has 1 aromatic carbocycles. The molecule has 0 saturated carbocycles. The molecule has 0 radical (unpaired) electrons. The maximum atomic E-state index is 11.8. The molecule has 6 nitrogen and oxygen atoms in total. The molecule has 0 aliphatic carbocycles. The molecule has 0 spiro atoms. The Morgan fingerprint density at radius 1 is 1.35 bits per heavy atom. The molecule has 0 fully saturated rings. The van der Waals surface area contributed by atoms with Crippen molar-refractivity contribution in [2.45, 2.75) is 6.92 Å². The number of carbonyl (C=O) groups is 2. The number of benzene rings is 1. The number of carboxylic acid groups (broad SMARTS) is 1. The van der Waals surface area contributed by atoms with Gasteiger partial charge in [0.1, 0.15) is 6.26 Å². The zero-order valence-electron chi connectivity index (χ0n) is 10.7. The highest BCUT2D eigenvalue weighted by Crippen LogP contribution is 2.18. The number of nitrogens with zero attached hydrogens (tertiary/aromatic N) is 1. The number of hydrogen-bond acceptors (Lipinski definition) is 4. The van der Waals surface area contributed by atoms with Crippen molar-refractivity contribution in [1.82, 2.24) is 5.16 Å². The summed E-state index contributed by atoms with van der Waals surface area (Å²) >= 11 is 0. The molecule has 102 valence electrons. The summed E-state index contributed by atoms with van der Waals surface area (Å²) in [5.41, 5.74) is 2.38. The molecule has 0 saturated heterocycles. The third kappa shape index (κ3) is 3.32. The normalized spacial score (nSPS) is 10.7. The van der Waals surface area contributed by atoms with E-state index in [9.17, 15) is 9.59 Å². The SMILES string of the molecule is Cc1cc(C=CC(=O)O)ccc1NC(=O)c1ccon1. The molecule has 20 heavy (non-hydrogen) atoms. The van der Waals surface area contributed by atoms with Crippen LogP contribution in [0.4, 0.5) is 5.69 Å². The lowest BCUT2D eigenvalue weighted by Gasteiger charge is -2.07. The van der Waals surface area contributed by atoms with E-state index >= 15 is 0 Å². The number of aliphatic carboxylic acids is 1. The van der Waals surface area contributed by atoms with Crippen LogP contribution < -0.4 is 5.32 Å². The number of carboxylic acids is 1. The van der Waals surface area contributed by atoms with Crippen LogP contribution in [0, 0.1) is 6.92 Å². The van der Waals surface area contributed by atoms with E-state index in [-0.39, 0.29) is 11.6 Å². The van der Waals surface area contributed by atoms with E-state index in [2.05, 4.69) is 15.0 Å². The second kappa shape index (κ2) is 5.83. The van der Waals surface area contributed by atoms with Gasteiger partial charge < -0.3 is 14.9 Å². The van der Waals surface area contributed by atoms with Crippen molar-refractivity contribution in [3.05, 3.63) is 53.4 Å². The Morgan fingerprint density at radius 2 is 2.15 bits per heavy atom. The summed E-state index contributed by atoms with van der Waals surface area (Å²) in [5, 5.41) is 14.8. The van der Waals surface area contributed by atoms with Crippen LogP contribution in [-0.2, 0) is 4.79 Å². The number of anilines is 1. The largest absolute Gasteiger partial charge is 0.478 e. The van der Waals surface area contributed by atoms with Gasteiger partial charge in [0.2, 0.25) is 0 Å². The molecule has 0 aliphatic heterocycles. The van der Waals surface area contributed by atoms with Gasteiger partial charge in [-0.15, -0.1) is 0 Å². The molecule has 0 unspecified atom stereocenters. The lowest BCUT2D eigenvalue weighted by molar-refractivity contribution is -0.131. The van der Waals surface area contributed by atoms with Crippen molar-refractivity contribution in [3.8, 4) is 0 Å².